The largest absolute Gasteiger partial charge is 0.326 e. The summed E-state index contributed by atoms with van der Waals surface area (Å²) in [5, 5.41) is 2.43. The second kappa shape index (κ2) is 5.53. The molecule has 0 unspecified atom stereocenters. The summed E-state index contributed by atoms with van der Waals surface area (Å²) in [4.78, 5) is 15.7. The molecular weight excluding hydrogens is 252 g/mol. The second-order valence-corrected chi connectivity index (χ2v) is 3.84. The van der Waals surface area contributed by atoms with Crippen LogP contribution in [0.4, 0.5) is 14.5 Å². The van der Waals surface area contributed by atoms with Gasteiger partial charge in [-0.1, -0.05) is 0 Å². The third-order valence-corrected chi connectivity index (χ3v) is 2.47. The molecule has 3 N–H and O–H groups in total. The zero-order valence-corrected chi connectivity index (χ0v) is 9.86. The highest BCUT2D eigenvalue weighted by molar-refractivity contribution is 6.02. The second-order valence-electron chi connectivity index (χ2n) is 3.84. The van der Waals surface area contributed by atoms with E-state index in [-0.39, 0.29) is 17.9 Å². The van der Waals surface area contributed by atoms with Gasteiger partial charge in [0.2, 0.25) is 0 Å². The first-order valence-electron chi connectivity index (χ1n) is 5.51. The number of nitrogens with zero attached hydrogens (tertiary/aromatic N) is 1. The maximum absolute atomic E-state index is 13.0. The Hall–Kier alpha value is -2.34. The van der Waals surface area contributed by atoms with E-state index >= 15 is 0 Å². The Morgan fingerprint density at radius 3 is 2.68 bits per heavy atom. The Bertz CT molecular complexity index is 617. The smallest absolute Gasteiger partial charge is 0.274 e. The first kappa shape index (κ1) is 13.1. The van der Waals surface area contributed by atoms with Crippen LogP contribution in [0.1, 0.15) is 16.1 Å². The molecule has 0 aliphatic heterocycles. The molecule has 0 spiro atoms. The van der Waals surface area contributed by atoms with Crippen LogP contribution in [0.2, 0.25) is 0 Å². The van der Waals surface area contributed by atoms with E-state index in [1.807, 2.05) is 0 Å². The van der Waals surface area contributed by atoms with Crippen LogP contribution < -0.4 is 11.1 Å². The summed E-state index contributed by atoms with van der Waals surface area (Å²) in [5.41, 5.74) is 6.53. The molecule has 19 heavy (non-hydrogen) atoms. The van der Waals surface area contributed by atoms with Gasteiger partial charge < -0.3 is 11.1 Å². The average Bonchev–Trinajstić information content (AvgIpc) is 2.43. The van der Waals surface area contributed by atoms with Crippen molar-refractivity contribution in [3.05, 3.63) is 59.4 Å². The number of carbonyl (C=O) groups is 1. The molecule has 4 nitrogen and oxygen atoms in total. The van der Waals surface area contributed by atoms with Gasteiger partial charge in [0.25, 0.3) is 5.91 Å². The van der Waals surface area contributed by atoms with Gasteiger partial charge in [-0.25, -0.2) is 8.78 Å². The van der Waals surface area contributed by atoms with Crippen molar-refractivity contribution >= 4 is 11.6 Å². The highest BCUT2D eigenvalue weighted by Gasteiger charge is 2.10. The number of aromatic nitrogens is 1. The van der Waals surface area contributed by atoms with Crippen molar-refractivity contribution in [2.75, 3.05) is 5.32 Å². The molecule has 2 rings (SSSR count). The van der Waals surface area contributed by atoms with Gasteiger partial charge in [-0.2, -0.15) is 0 Å². The monoisotopic (exact) mass is 263 g/mol. The van der Waals surface area contributed by atoms with Crippen LogP contribution in [0.15, 0.2) is 36.5 Å². The van der Waals surface area contributed by atoms with Crippen molar-refractivity contribution in [3.63, 3.8) is 0 Å². The maximum atomic E-state index is 13.0. The number of hydrogen-bond donors (Lipinski definition) is 2. The van der Waals surface area contributed by atoms with Gasteiger partial charge in [-0.15, -0.1) is 0 Å². The maximum Gasteiger partial charge on any atom is 0.274 e. The van der Waals surface area contributed by atoms with E-state index in [0.29, 0.717) is 0 Å². The molecule has 0 atom stereocenters. The van der Waals surface area contributed by atoms with Gasteiger partial charge in [0.15, 0.2) is 11.6 Å². The standard InChI is InChI=1S/C13H11F2N3O/c14-10-2-1-9(6-11(10)15)18-13(19)12-5-8(7-16)3-4-17-12/h1-6H,7,16H2,(H,18,19). The minimum Gasteiger partial charge on any atom is -0.326 e. The van der Waals surface area contributed by atoms with E-state index < -0.39 is 17.5 Å². The molecule has 2 aromatic rings. The lowest BCUT2D eigenvalue weighted by atomic mass is 10.2. The SMILES string of the molecule is NCc1ccnc(C(=O)Nc2ccc(F)c(F)c2)c1. The Morgan fingerprint density at radius 1 is 1.21 bits per heavy atom. The highest BCUT2D eigenvalue weighted by Crippen LogP contribution is 2.14. The number of amides is 1. The molecule has 0 aliphatic rings. The molecule has 1 aromatic carbocycles. The number of hydrogen-bond acceptors (Lipinski definition) is 3. The summed E-state index contributed by atoms with van der Waals surface area (Å²) in [5.74, 6) is -2.51. The normalized spacial score (nSPS) is 10.3. The Morgan fingerprint density at radius 2 is 2.00 bits per heavy atom. The fourth-order valence-corrected chi connectivity index (χ4v) is 1.49. The van der Waals surface area contributed by atoms with Crippen LogP contribution in [0, 0.1) is 11.6 Å². The van der Waals surface area contributed by atoms with E-state index in [9.17, 15) is 13.6 Å². The molecule has 0 radical (unpaired) electrons. The van der Waals surface area contributed by atoms with Crippen molar-refractivity contribution < 1.29 is 13.6 Å². The summed E-state index contributed by atoms with van der Waals surface area (Å²) in [6.45, 7) is 0.286. The van der Waals surface area contributed by atoms with Crippen molar-refractivity contribution in [2.45, 2.75) is 6.54 Å². The molecule has 6 heteroatoms. The Balaban J connectivity index is 2.18. The van der Waals surface area contributed by atoms with Gasteiger partial charge >= 0.3 is 0 Å². The van der Waals surface area contributed by atoms with E-state index in [0.717, 1.165) is 17.7 Å². The van der Waals surface area contributed by atoms with Crippen LogP contribution in [0.3, 0.4) is 0 Å². The van der Waals surface area contributed by atoms with Gasteiger partial charge in [-0.05, 0) is 29.8 Å². The first-order valence-corrected chi connectivity index (χ1v) is 5.51. The van der Waals surface area contributed by atoms with Gasteiger partial charge in [-0.3, -0.25) is 9.78 Å². The molecule has 1 aromatic heterocycles. The quantitative estimate of drug-likeness (QED) is 0.890. The number of anilines is 1. The molecule has 0 fully saturated rings. The molecular formula is C13H11F2N3O. The van der Waals surface area contributed by atoms with Gasteiger partial charge in [0.1, 0.15) is 5.69 Å². The molecule has 1 amide bonds. The predicted molar refractivity (Wildman–Crippen MR) is 66.4 cm³/mol. The summed E-state index contributed by atoms with van der Waals surface area (Å²) in [7, 11) is 0. The molecule has 1 heterocycles. The van der Waals surface area contributed by atoms with Gasteiger partial charge in [0, 0.05) is 24.5 Å². The summed E-state index contributed by atoms with van der Waals surface area (Å²) < 4.78 is 25.7. The predicted octanol–water partition coefficient (Wildman–Crippen LogP) is 2.07. The summed E-state index contributed by atoms with van der Waals surface area (Å²) >= 11 is 0. The number of carbonyl (C=O) groups excluding carboxylic acids is 1. The van der Waals surface area contributed by atoms with Crippen molar-refractivity contribution in [1.29, 1.82) is 0 Å². The molecule has 0 saturated heterocycles. The fourth-order valence-electron chi connectivity index (χ4n) is 1.49. The van der Waals surface area contributed by atoms with E-state index in [4.69, 9.17) is 5.73 Å². The number of halogens is 2. The van der Waals surface area contributed by atoms with E-state index in [1.165, 1.54) is 18.3 Å². The molecule has 0 bridgehead atoms. The lowest BCUT2D eigenvalue weighted by Crippen LogP contribution is -2.14. The first-order chi connectivity index (χ1) is 9.10. The number of benzene rings is 1. The molecule has 0 saturated carbocycles. The summed E-state index contributed by atoms with van der Waals surface area (Å²) in [6, 6.07) is 6.33. The highest BCUT2D eigenvalue weighted by atomic mass is 19.2. The van der Waals surface area contributed by atoms with Crippen LogP contribution in [-0.4, -0.2) is 10.9 Å². The Labute approximate surface area is 108 Å². The fraction of sp³-hybridized carbons (Fsp3) is 0.0769. The lowest BCUT2D eigenvalue weighted by molar-refractivity contribution is 0.102. The Kier molecular flexibility index (Phi) is 3.82. The van der Waals surface area contributed by atoms with Crippen LogP contribution in [-0.2, 0) is 6.54 Å². The zero-order chi connectivity index (χ0) is 13.8. The number of pyridine rings is 1. The number of nitrogens with two attached hydrogens (primary N) is 1. The molecule has 0 aliphatic carbocycles. The third kappa shape index (κ3) is 3.11. The van der Waals surface area contributed by atoms with Gasteiger partial charge in [0.05, 0.1) is 0 Å². The van der Waals surface area contributed by atoms with E-state index in [1.54, 1.807) is 6.07 Å². The third-order valence-electron chi connectivity index (χ3n) is 2.47. The minimum absolute atomic E-state index is 0.156. The van der Waals surface area contributed by atoms with E-state index in [2.05, 4.69) is 10.3 Å². The lowest BCUT2D eigenvalue weighted by Gasteiger charge is -2.06. The minimum atomic E-state index is -1.03. The molecule has 98 valence electrons. The van der Waals surface area contributed by atoms with Crippen LogP contribution in [0.5, 0.6) is 0 Å². The number of nitrogens with one attached hydrogen (secondary N) is 1. The topological polar surface area (TPSA) is 68.0 Å². The van der Waals surface area contributed by atoms with Crippen molar-refractivity contribution in [2.24, 2.45) is 5.73 Å². The van der Waals surface area contributed by atoms with Crippen LogP contribution in [0.25, 0.3) is 0 Å². The number of rotatable bonds is 3. The zero-order valence-electron chi connectivity index (χ0n) is 9.86. The summed E-state index contributed by atoms with van der Waals surface area (Å²) in [6.07, 6.45) is 1.46. The van der Waals surface area contributed by atoms with Crippen molar-refractivity contribution in [3.8, 4) is 0 Å². The van der Waals surface area contributed by atoms with Crippen LogP contribution >= 0.6 is 0 Å². The average molecular weight is 263 g/mol. The van der Waals surface area contributed by atoms with Crippen molar-refractivity contribution in [1.82, 2.24) is 4.98 Å².